The number of halogens is 2. The van der Waals surface area contributed by atoms with Crippen LogP contribution in [0.2, 0.25) is 0 Å². The van der Waals surface area contributed by atoms with Gasteiger partial charge in [-0.1, -0.05) is 0 Å². The third-order valence-corrected chi connectivity index (χ3v) is 1.57. The number of alkyl halides is 2. The van der Waals surface area contributed by atoms with Crippen LogP contribution in [0, 0.1) is 0 Å². The Morgan fingerprint density at radius 1 is 1.70 bits per heavy atom. The Bertz CT molecular complexity index is 176. The third-order valence-electron chi connectivity index (χ3n) is 0.840. The Morgan fingerprint density at radius 2 is 2.50 bits per heavy atom. The molecule has 1 aromatic heterocycles. The lowest BCUT2D eigenvalue weighted by Crippen LogP contribution is -2.09. The zero-order valence-corrected chi connectivity index (χ0v) is 5.87. The number of nitrogens with zero attached hydrogens (tertiary/aromatic N) is 1. The lowest BCUT2D eigenvalue weighted by Gasteiger charge is -1.98. The van der Waals surface area contributed by atoms with Crippen LogP contribution < -0.4 is 5.32 Å². The van der Waals surface area contributed by atoms with Crippen molar-refractivity contribution in [2.24, 2.45) is 0 Å². The van der Waals surface area contributed by atoms with Crippen LogP contribution >= 0.6 is 11.3 Å². The van der Waals surface area contributed by atoms with E-state index in [4.69, 9.17) is 0 Å². The molecule has 0 atom stereocenters. The van der Waals surface area contributed by atoms with Gasteiger partial charge in [0.2, 0.25) is 0 Å². The average Bonchev–Trinajstić information content (AvgIpc) is 2.34. The number of hydrogen-bond acceptors (Lipinski definition) is 3. The van der Waals surface area contributed by atoms with Crippen LogP contribution in [0.1, 0.15) is 0 Å². The first-order chi connectivity index (χ1) is 4.79. The summed E-state index contributed by atoms with van der Waals surface area (Å²) in [5.41, 5.74) is 0. The van der Waals surface area contributed by atoms with Crippen molar-refractivity contribution in [1.82, 2.24) is 4.98 Å². The lowest BCUT2D eigenvalue weighted by molar-refractivity contribution is 0.163. The average molecular weight is 164 g/mol. The summed E-state index contributed by atoms with van der Waals surface area (Å²) in [7, 11) is 0. The van der Waals surface area contributed by atoms with E-state index < -0.39 is 6.43 Å². The van der Waals surface area contributed by atoms with E-state index in [-0.39, 0.29) is 6.54 Å². The molecule has 0 aliphatic rings. The molecule has 0 aliphatic carbocycles. The molecule has 0 fully saturated rings. The topological polar surface area (TPSA) is 24.9 Å². The Morgan fingerprint density at radius 3 is 3.00 bits per heavy atom. The van der Waals surface area contributed by atoms with Crippen LogP contribution in [0.4, 0.5) is 13.9 Å². The molecule has 10 heavy (non-hydrogen) atoms. The number of hydrogen-bond donors (Lipinski definition) is 1. The van der Waals surface area contributed by atoms with Crippen molar-refractivity contribution in [3.8, 4) is 0 Å². The van der Waals surface area contributed by atoms with E-state index in [2.05, 4.69) is 10.3 Å². The van der Waals surface area contributed by atoms with Crippen LogP contribution in [-0.4, -0.2) is 18.0 Å². The second-order valence-corrected chi connectivity index (χ2v) is 2.50. The van der Waals surface area contributed by atoms with Crippen LogP contribution in [-0.2, 0) is 0 Å². The van der Waals surface area contributed by atoms with Crippen molar-refractivity contribution >= 4 is 16.5 Å². The van der Waals surface area contributed by atoms with Crippen molar-refractivity contribution in [2.75, 3.05) is 11.9 Å². The maximum absolute atomic E-state index is 11.5. The van der Waals surface area contributed by atoms with Gasteiger partial charge in [-0.05, 0) is 0 Å². The van der Waals surface area contributed by atoms with Gasteiger partial charge in [-0.15, -0.1) is 11.3 Å². The van der Waals surface area contributed by atoms with Crippen LogP contribution in [0.25, 0.3) is 0 Å². The summed E-state index contributed by atoms with van der Waals surface area (Å²) in [4.78, 5) is 3.76. The highest BCUT2D eigenvalue weighted by Crippen LogP contribution is 2.10. The normalized spacial score (nSPS) is 10.3. The van der Waals surface area contributed by atoms with Gasteiger partial charge < -0.3 is 5.32 Å². The van der Waals surface area contributed by atoms with Crippen LogP contribution in [0.3, 0.4) is 0 Å². The zero-order valence-electron chi connectivity index (χ0n) is 5.05. The molecule has 56 valence electrons. The van der Waals surface area contributed by atoms with Crippen molar-refractivity contribution in [3.05, 3.63) is 11.6 Å². The minimum absolute atomic E-state index is 0.326. The smallest absolute Gasteiger partial charge is 0.255 e. The summed E-state index contributed by atoms with van der Waals surface area (Å²) in [6.45, 7) is -0.326. The molecular weight excluding hydrogens is 158 g/mol. The molecule has 0 bridgehead atoms. The molecule has 0 saturated heterocycles. The highest BCUT2D eigenvalue weighted by atomic mass is 32.1. The fraction of sp³-hybridized carbons (Fsp3) is 0.400. The van der Waals surface area contributed by atoms with Gasteiger partial charge >= 0.3 is 0 Å². The molecule has 0 amide bonds. The number of anilines is 1. The summed E-state index contributed by atoms with van der Waals surface area (Å²) in [6, 6.07) is 0. The van der Waals surface area contributed by atoms with Gasteiger partial charge in [0.15, 0.2) is 5.13 Å². The molecule has 2 nitrogen and oxygen atoms in total. The maximum Gasteiger partial charge on any atom is 0.255 e. The van der Waals surface area contributed by atoms with Crippen molar-refractivity contribution < 1.29 is 8.78 Å². The molecule has 5 heteroatoms. The highest BCUT2D eigenvalue weighted by molar-refractivity contribution is 7.13. The summed E-state index contributed by atoms with van der Waals surface area (Å²) in [6.07, 6.45) is -0.748. The van der Waals surface area contributed by atoms with Gasteiger partial charge in [-0.3, -0.25) is 0 Å². The highest BCUT2D eigenvalue weighted by Gasteiger charge is 2.01. The number of rotatable bonds is 3. The minimum atomic E-state index is -2.32. The predicted octanol–water partition coefficient (Wildman–Crippen LogP) is 1.82. The largest absolute Gasteiger partial charge is 0.356 e. The van der Waals surface area contributed by atoms with E-state index in [0.29, 0.717) is 5.13 Å². The number of nitrogens with one attached hydrogen (secondary N) is 1. The van der Waals surface area contributed by atoms with Gasteiger partial charge in [0.25, 0.3) is 6.43 Å². The van der Waals surface area contributed by atoms with Gasteiger partial charge in [-0.2, -0.15) is 0 Å². The fourth-order valence-corrected chi connectivity index (χ4v) is 1.01. The standard InChI is InChI=1S/C5H6F2N2S/c6-4(7)3-9-5-8-1-2-10-5/h1-2,4H,3H2,(H,8,9). The fourth-order valence-electron chi connectivity index (χ4n) is 0.475. The monoisotopic (exact) mass is 164 g/mol. The van der Waals surface area contributed by atoms with Crippen LogP contribution in [0.15, 0.2) is 11.6 Å². The molecule has 0 saturated carbocycles. The zero-order chi connectivity index (χ0) is 7.40. The first-order valence-corrected chi connectivity index (χ1v) is 3.58. The third kappa shape index (κ3) is 2.26. The van der Waals surface area contributed by atoms with E-state index in [0.717, 1.165) is 0 Å². The predicted molar refractivity (Wildman–Crippen MR) is 36.6 cm³/mol. The van der Waals surface area contributed by atoms with E-state index in [1.165, 1.54) is 11.3 Å². The first kappa shape index (κ1) is 7.40. The summed E-state index contributed by atoms with van der Waals surface area (Å²) in [5, 5.41) is 4.75. The SMILES string of the molecule is FC(F)CNc1nccs1. The van der Waals surface area contributed by atoms with Crippen molar-refractivity contribution in [2.45, 2.75) is 6.43 Å². The van der Waals surface area contributed by atoms with E-state index in [1.54, 1.807) is 11.6 Å². The van der Waals surface area contributed by atoms with Gasteiger partial charge in [-0.25, -0.2) is 13.8 Å². The Labute approximate surface area is 60.9 Å². The molecule has 0 radical (unpaired) electrons. The molecule has 0 aliphatic heterocycles. The first-order valence-electron chi connectivity index (χ1n) is 2.70. The molecule has 0 spiro atoms. The second-order valence-electron chi connectivity index (χ2n) is 1.61. The summed E-state index contributed by atoms with van der Waals surface area (Å²) in [5.74, 6) is 0. The quantitative estimate of drug-likeness (QED) is 0.737. The van der Waals surface area contributed by atoms with Crippen molar-refractivity contribution in [1.29, 1.82) is 0 Å². The Hall–Kier alpha value is -0.710. The molecular formula is C5H6F2N2S. The maximum atomic E-state index is 11.5. The minimum Gasteiger partial charge on any atom is -0.356 e. The Kier molecular flexibility index (Phi) is 2.56. The van der Waals surface area contributed by atoms with Crippen molar-refractivity contribution in [3.63, 3.8) is 0 Å². The summed E-state index contributed by atoms with van der Waals surface area (Å²) >= 11 is 1.31. The molecule has 1 heterocycles. The lowest BCUT2D eigenvalue weighted by atomic mass is 10.7. The molecule has 1 aromatic rings. The van der Waals surface area contributed by atoms with E-state index >= 15 is 0 Å². The second kappa shape index (κ2) is 3.46. The number of aromatic nitrogens is 1. The van der Waals surface area contributed by atoms with Gasteiger partial charge in [0.1, 0.15) is 0 Å². The molecule has 0 aromatic carbocycles. The Balaban J connectivity index is 2.28. The van der Waals surface area contributed by atoms with Gasteiger partial charge in [0.05, 0.1) is 6.54 Å². The number of thiazole rings is 1. The molecule has 0 unspecified atom stereocenters. The van der Waals surface area contributed by atoms with E-state index in [9.17, 15) is 8.78 Å². The van der Waals surface area contributed by atoms with Gasteiger partial charge in [0, 0.05) is 11.6 Å². The van der Waals surface area contributed by atoms with Crippen LogP contribution in [0.5, 0.6) is 0 Å². The molecule has 1 rings (SSSR count). The molecule has 1 N–H and O–H groups in total. The summed E-state index contributed by atoms with van der Waals surface area (Å²) < 4.78 is 23.1. The van der Waals surface area contributed by atoms with E-state index in [1.807, 2.05) is 0 Å².